The zero-order chi connectivity index (χ0) is 26.0. The smallest absolute Gasteiger partial charge is 0.228 e. The van der Waals surface area contributed by atoms with Crippen LogP contribution in [0.5, 0.6) is 5.75 Å². The van der Waals surface area contributed by atoms with E-state index >= 15 is 0 Å². The maximum atomic E-state index is 14.8. The van der Waals surface area contributed by atoms with Gasteiger partial charge in [0.2, 0.25) is 5.91 Å². The van der Waals surface area contributed by atoms with Gasteiger partial charge in [0.25, 0.3) is 0 Å². The largest absolute Gasteiger partial charge is 0.497 e. The number of methoxy groups -OCH3 is 2. The summed E-state index contributed by atoms with van der Waals surface area (Å²) in [5.74, 6) is 1.61. The van der Waals surface area contributed by atoms with Crippen LogP contribution < -0.4 is 4.74 Å². The Labute approximate surface area is 223 Å². The molecule has 4 aromatic rings. The third kappa shape index (κ3) is 2.94. The molecule has 1 amide bonds. The first-order valence-electron chi connectivity index (χ1n) is 13.3. The van der Waals surface area contributed by atoms with Gasteiger partial charge in [-0.3, -0.25) is 4.79 Å². The molecule has 3 aliphatic carbocycles. The summed E-state index contributed by atoms with van der Waals surface area (Å²) in [6.07, 6.45) is 1.51. The van der Waals surface area contributed by atoms with E-state index in [-0.39, 0.29) is 35.8 Å². The van der Waals surface area contributed by atoms with Gasteiger partial charge in [-0.25, -0.2) is 0 Å². The summed E-state index contributed by atoms with van der Waals surface area (Å²) in [5.41, 5.74) is 5.50. The SMILES string of the molecule is COc1ccc(CN2C(=O)[C@H]3[C@H](C4c5ccccc5C3([C@H](C)OC)c3ccccc34)[C@H]2c2ccco2)cc1. The summed E-state index contributed by atoms with van der Waals surface area (Å²) < 4.78 is 17.6. The van der Waals surface area contributed by atoms with Crippen LogP contribution in [-0.2, 0) is 21.5 Å². The van der Waals surface area contributed by atoms with Crippen molar-refractivity contribution in [1.29, 1.82) is 0 Å². The Kier molecular flexibility index (Phi) is 5.27. The lowest BCUT2D eigenvalue weighted by Crippen LogP contribution is -2.58. The van der Waals surface area contributed by atoms with Crippen LogP contribution in [0.1, 0.15) is 52.5 Å². The van der Waals surface area contributed by atoms with E-state index < -0.39 is 5.41 Å². The molecule has 0 N–H and O–H groups in total. The zero-order valence-corrected chi connectivity index (χ0v) is 21.8. The average molecular weight is 506 g/mol. The van der Waals surface area contributed by atoms with Crippen LogP contribution in [0.15, 0.2) is 95.6 Å². The maximum Gasteiger partial charge on any atom is 0.228 e. The van der Waals surface area contributed by atoms with Crippen molar-refractivity contribution in [2.24, 2.45) is 11.8 Å². The van der Waals surface area contributed by atoms with E-state index in [0.717, 1.165) is 17.1 Å². The van der Waals surface area contributed by atoms with Crippen molar-refractivity contribution in [3.63, 3.8) is 0 Å². The molecule has 8 rings (SSSR count). The number of amides is 1. The molecule has 0 saturated carbocycles. The quantitative estimate of drug-likeness (QED) is 0.319. The predicted molar refractivity (Wildman–Crippen MR) is 144 cm³/mol. The molecule has 1 saturated heterocycles. The Morgan fingerprint density at radius 2 is 1.55 bits per heavy atom. The van der Waals surface area contributed by atoms with E-state index in [1.165, 1.54) is 22.3 Å². The Morgan fingerprint density at radius 3 is 2.13 bits per heavy atom. The average Bonchev–Trinajstić information content (AvgIpc) is 3.60. The van der Waals surface area contributed by atoms with Crippen molar-refractivity contribution in [2.75, 3.05) is 14.2 Å². The molecule has 3 aromatic carbocycles. The topological polar surface area (TPSA) is 51.9 Å². The highest BCUT2D eigenvalue weighted by Gasteiger charge is 2.69. The number of ether oxygens (including phenoxy) is 2. The number of furan rings is 1. The summed E-state index contributed by atoms with van der Waals surface area (Å²) >= 11 is 0. The molecule has 1 fully saturated rings. The van der Waals surface area contributed by atoms with Crippen LogP contribution in [0.25, 0.3) is 0 Å². The minimum absolute atomic E-state index is 0.00861. The first-order valence-corrected chi connectivity index (χ1v) is 13.3. The number of benzene rings is 3. The second-order valence-corrected chi connectivity index (χ2v) is 10.7. The van der Waals surface area contributed by atoms with E-state index in [1.54, 1.807) is 20.5 Å². The van der Waals surface area contributed by atoms with Crippen molar-refractivity contribution in [3.05, 3.63) is 125 Å². The number of carbonyl (C=O) groups excluding carboxylic acids is 1. The number of likely N-dealkylation sites (tertiary alicyclic amines) is 1. The van der Waals surface area contributed by atoms with Gasteiger partial charge in [0.1, 0.15) is 11.5 Å². The molecule has 192 valence electrons. The molecular formula is C33H31NO4. The number of hydrogen-bond acceptors (Lipinski definition) is 4. The highest BCUT2D eigenvalue weighted by Crippen LogP contribution is 2.69. The Morgan fingerprint density at radius 1 is 0.895 bits per heavy atom. The molecule has 5 nitrogen and oxygen atoms in total. The Balaban J connectivity index is 1.47. The zero-order valence-electron chi connectivity index (χ0n) is 21.8. The third-order valence-electron chi connectivity index (χ3n) is 9.33. The molecule has 5 heteroatoms. The predicted octanol–water partition coefficient (Wildman–Crippen LogP) is 6.08. The highest BCUT2D eigenvalue weighted by molar-refractivity contribution is 5.88. The van der Waals surface area contributed by atoms with Gasteiger partial charge in [-0.15, -0.1) is 0 Å². The molecule has 2 heterocycles. The fourth-order valence-corrected chi connectivity index (χ4v) is 7.88. The number of nitrogens with zero attached hydrogens (tertiary/aromatic N) is 1. The van der Waals surface area contributed by atoms with Gasteiger partial charge in [0.15, 0.2) is 0 Å². The van der Waals surface area contributed by atoms with E-state index in [4.69, 9.17) is 13.9 Å². The number of rotatable bonds is 6. The molecule has 0 unspecified atom stereocenters. The van der Waals surface area contributed by atoms with E-state index in [0.29, 0.717) is 6.54 Å². The molecule has 1 aliphatic heterocycles. The molecule has 2 bridgehead atoms. The van der Waals surface area contributed by atoms with Gasteiger partial charge in [-0.2, -0.15) is 0 Å². The molecule has 0 radical (unpaired) electrons. The molecule has 38 heavy (non-hydrogen) atoms. The van der Waals surface area contributed by atoms with E-state index in [2.05, 4.69) is 60.4 Å². The molecule has 0 spiro atoms. The standard InChI is InChI=1S/C33H31NO4/c1-20(36-2)33-25-11-6-4-9-23(25)28(24-10-5-7-12-26(24)33)29-30(33)32(35)34(31(29)27-13-8-18-38-27)19-21-14-16-22(37-3)17-15-21/h4-18,20,28-31H,19H2,1-3H3/t20-,28?,29-,30+,31+,33?/m0/s1. The van der Waals surface area contributed by atoms with Crippen LogP contribution in [-0.4, -0.2) is 31.1 Å². The monoisotopic (exact) mass is 505 g/mol. The van der Waals surface area contributed by atoms with Gasteiger partial charge >= 0.3 is 0 Å². The Hall–Kier alpha value is -3.83. The minimum atomic E-state index is -0.599. The van der Waals surface area contributed by atoms with Gasteiger partial charge in [0, 0.05) is 25.5 Å². The lowest BCUT2D eigenvalue weighted by atomic mass is 9.45. The molecule has 4 aliphatic rings. The molecule has 4 atom stereocenters. The summed E-state index contributed by atoms with van der Waals surface area (Å²) in [6, 6.07) is 29.1. The first-order chi connectivity index (χ1) is 18.6. The summed E-state index contributed by atoms with van der Waals surface area (Å²) in [5, 5.41) is 0. The third-order valence-corrected chi connectivity index (χ3v) is 9.33. The lowest BCUT2D eigenvalue weighted by Gasteiger charge is -2.57. The normalized spacial score (nSPS) is 27.6. The van der Waals surface area contributed by atoms with Crippen LogP contribution >= 0.6 is 0 Å². The second-order valence-electron chi connectivity index (χ2n) is 10.7. The van der Waals surface area contributed by atoms with Crippen molar-refractivity contribution in [1.82, 2.24) is 4.90 Å². The highest BCUT2D eigenvalue weighted by atomic mass is 16.5. The van der Waals surface area contributed by atoms with Crippen molar-refractivity contribution in [2.45, 2.75) is 36.9 Å². The van der Waals surface area contributed by atoms with Gasteiger partial charge < -0.3 is 18.8 Å². The van der Waals surface area contributed by atoms with E-state index in [1.807, 2.05) is 36.4 Å². The summed E-state index contributed by atoms with van der Waals surface area (Å²) in [7, 11) is 3.43. The number of hydrogen-bond donors (Lipinski definition) is 0. The summed E-state index contributed by atoms with van der Waals surface area (Å²) in [6.45, 7) is 2.62. The molecular weight excluding hydrogens is 474 g/mol. The van der Waals surface area contributed by atoms with Gasteiger partial charge in [-0.1, -0.05) is 60.7 Å². The van der Waals surface area contributed by atoms with E-state index in [9.17, 15) is 4.79 Å². The van der Waals surface area contributed by atoms with Crippen LogP contribution in [0.2, 0.25) is 0 Å². The van der Waals surface area contributed by atoms with Crippen molar-refractivity contribution < 1.29 is 18.7 Å². The fraction of sp³-hybridized carbons (Fsp3) is 0.303. The van der Waals surface area contributed by atoms with Crippen molar-refractivity contribution >= 4 is 5.91 Å². The minimum Gasteiger partial charge on any atom is -0.497 e. The molecule has 1 aromatic heterocycles. The lowest BCUT2D eigenvalue weighted by molar-refractivity contribution is -0.136. The van der Waals surface area contributed by atoms with Gasteiger partial charge in [-0.05, 0) is 59.0 Å². The Bertz CT molecular complexity index is 1440. The van der Waals surface area contributed by atoms with Crippen LogP contribution in [0.4, 0.5) is 0 Å². The van der Waals surface area contributed by atoms with Crippen molar-refractivity contribution in [3.8, 4) is 5.75 Å². The number of carbonyl (C=O) groups is 1. The maximum absolute atomic E-state index is 14.8. The van der Waals surface area contributed by atoms with Crippen LogP contribution in [0.3, 0.4) is 0 Å². The van der Waals surface area contributed by atoms with Gasteiger partial charge in [0.05, 0.1) is 36.9 Å². The second kappa shape index (κ2) is 8.60. The fourth-order valence-electron chi connectivity index (χ4n) is 7.88. The van der Waals surface area contributed by atoms with Crippen LogP contribution in [0, 0.1) is 11.8 Å². The first kappa shape index (κ1) is 23.3. The summed E-state index contributed by atoms with van der Waals surface area (Å²) in [4.78, 5) is 16.9.